The molecule has 0 amide bonds. The van der Waals surface area contributed by atoms with Crippen molar-refractivity contribution in [3.63, 3.8) is 0 Å². The van der Waals surface area contributed by atoms with Crippen LogP contribution >= 0.6 is 0 Å². The fraction of sp³-hybridized carbons (Fsp3) is 0.250. The first kappa shape index (κ1) is 19.5. The lowest BCUT2D eigenvalue weighted by molar-refractivity contribution is 0.313. The molecule has 2 aromatic carbocycles. The highest BCUT2D eigenvalue weighted by Crippen LogP contribution is 2.37. The summed E-state index contributed by atoms with van der Waals surface area (Å²) in [6.07, 6.45) is 0.852. The Kier molecular flexibility index (Phi) is 4.82. The molecule has 7 heteroatoms. The Morgan fingerprint density at radius 2 is 1.97 bits per heavy atom. The number of halogens is 1. The molecule has 1 unspecified atom stereocenters. The molecule has 4 aromatic rings. The lowest BCUT2D eigenvalue weighted by Crippen LogP contribution is -2.18. The van der Waals surface area contributed by atoms with Crippen molar-refractivity contribution in [2.45, 2.75) is 32.5 Å². The van der Waals surface area contributed by atoms with E-state index >= 15 is 0 Å². The third-order valence-electron chi connectivity index (χ3n) is 5.77. The number of nitrogens with two attached hydrogens (primary N) is 1. The maximum atomic E-state index is 14.0. The van der Waals surface area contributed by atoms with Crippen molar-refractivity contribution in [3.8, 4) is 0 Å². The van der Waals surface area contributed by atoms with Crippen LogP contribution in [0.5, 0.6) is 0 Å². The highest BCUT2D eigenvalue weighted by atomic mass is 19.1. The lowest BCUT2D eigenvalue weighted by atomic mass is 10.0. The van der Waals surface area contributed by atoms with Gasteiger partial charge in [0.1, 0.15) is 23.0 Å². The summed E-state index contributed by atoms with van der Waals surface area (Å²) >= 11 is 0. The molecule has 2 aromatic heterocycles. The van der Waals surface area contributed by atoms with Crippen LogP contribution in [0.1, 0.15) is 34.1 Å². The SMILES string of the molecule is Cc1nc2c(C3Cc4cc(CN(C)Cc5ccccc5F)ccc4N3)cc(N)nc2[nH]1. The predicted octanol–water partition coefficient (Wildman–Crippen LogP) is 4.33. The number of fused-ring (bicyclic) bond motifs is 2. The molecule has 0 aliphatic carbocycles. The van der Waals surface area contributed by atoms with Crippen molar-refractivity contribution in [2.75, 3.05) is 18.1 Å². The van der Waals surface area contributed by atoms with E-state index in [1.165, 1.54) is 17.2 Å². The summed E-state index contributed by atoms with van der Waals surface area (Å²) in [5.74, 6) is 1.15. The topological polar surface area (TPSA) is 82.9 Å². The van der Waals surface area contributed by atoms with Gasteiger partial charge in [0.05, 0.1) is 6.04 Å². The quantitative estimate of drug-likeness (QED) is 0.451. The summed E-state index contributed by atoms with van der Waals surface area (Å²) in [7, 11) is 2.01. The Morgan fingerprint density at radius 1 is 1.13 bits per heavy atom. The molecule has 158 valence electrons. The van der Waals surface area contributed by atoms with Gasteiger partial charge in [0.25, 0.3) is 0 Å². The van der Waals surface area contributed by atoms with E-state index in [0.717, 1.165) is 41.2 Å². The molecule has 1 aliphatic rings. The molecular weight excluding hydrogens is 391 g/mol. The van der Waals surface area contributed by atoms with Gasteiger partial charge < -0.3 is 16.0 Å². The second kappa shape index (κ2) is 7.67. The Labute approximate surface area is 180 Å². The van der Waals surface area contributed by atoms with Gasteiger partial charge in [-0.25, -0.2) is 14.4 Å². The van der Waals surface area contributed by atoms with Gasteiger partial charge in [-0.05, 0) is 49.7 Å². The Bertz CT molecular complexity index is 1260. The summed E-state index contributed by atoms with van der Waals surface area (Å²) in [5.41, 5.74) is 13.0. The summed E-state index contributed by atoms with van der Waals surface area (Å²) in [4.78, 5) is 14.3. The molecular formula is C24H25FN6. The van der Waals surface area contributed by atoms with Gasteiger partial charge in [-0.15, -0.1) is 0 Å². The fourth-order valence-corrected chi connectivity index (χ4v) is 4.40. The number of aromatic nitrogens is 3. The normalized spacial score (nSPS) is 15.4. The number of hydrogen-bond donors (Lipinski definition) is 3. The molecule has 0 saturated carbocycles. The number of benzene rings is 2. The first-order chi connectivity index (χ1) is 15.0. The Morgan fingerprint density at radius 3 is 2.81 bits per heavy atom. The minimum Gasteiger partial charge on any atom is -0.384 e. The van der Waals surface area contributed by atoms with Crippen LogP contribution < -0.4 is 11.1 Å². The van der Waals surface area contributed by atoms with Crippen molar-refractivity contribution >= 4 is 22.7 Å². The van der Waals surface area contributed by atoms with Crippen LogP contribution in [-0.4, -0.2) is 26.9 Å². The van der Waals surface area contributed by atoms with Gasteiger partial charge in [0.2, 0.25) is 0 Å². The second-order valence-electron chi connectivity index (χ2n) is 8.31. The Balaban J connectivity index is 1.34. The molecule has 4 N–H and O–H groups in total. The molecule has 6 nitrogen and oxygen atoms in total. The fourth-order valence-electron chi connectivity index (χ4n) is 4.40. The van der Waals surface area contributed by atoms with Crippen molar-refractivity contribution in [1.29, 1.82) is 0 Å². The average Bonchev–Trinajstić information content (AvgIpc) is 3.31. The number of aryl methyl sites for hydroxylation is 1. The molecule has 5 rings (SSSR count). The smallest absolute Gasteiger partial charge is 0.160 e. The number of pyridine rings is 1. The van der Waals surface area contributed by atoms with Crippen LogP contribution in [-0.2, 0) is 19.5 Å². The highest BCUT2D eigenvalue weighted by Gasteiger charge is 2.25. The number of rotatable bonds is 5. The highest BCUT2D eigenvalue weighted by molar-refractivity contribution is 5.79. The third-order valence-corrected chi connectivity index (χ3v) is 5.77. The number of hydrogen-bond acceptors (Lipinski definition) is 5. The second-order valence-corrected chi connectivity index (χ2v) is 8.31. The van der Waals surface area contributed by atoms with Crippen LogP contribution in [0.3, 0.4) is 0 Å². The monoisotopic (exact) mass is 416 g/mol. The van der Waals surface area contributed by atoms with E-state index in [0.29, 0.717) is 17.9 Å². The van der Waals surface area contributed by atoms with E-state index in [4.69, 9.17) is 5.73 Å². The van der Waals surface area contributed by atoms with Crippen molar-refractivity contribution in [1.82, 2.24) is 19.9 Å². The summed E-state index contributed by atoms with van der Waals surface area (Å²) in [6.45, 7) is 3.23. The standard InChI is InChI=1S/C24H25FN6/c1-14-27-23-18(11-22(26)30-24(23)28-14)21-10-17-9-15(7-8-20(17)29-21)12-31(2)13-16-5-3-4-6-19(16)25/h3-9,11,21,29H,10,12-13H2,1-2H3,(H3,26,27,28,30). The van der Waals surface area contributed by atoms with E-state index in [1.807, 2.05) is 32.2 Å². The van der Waals surface area contributed by atoms with E-state index < -0.39 is 0 Å². The molecule has 1 aliphatic heterocycles. The number of aromatic amines is 1. The molecule has 3 heterocycles. The minimum atomic E-state index is -0.160. The Hall–Kier alpha value is -3.45. The van der Waals surface area contributed by atoms with Gasteiger partial charge in [-0.2, -0.15) is 0 Å². The first-order valence-corrected chi connectivity index (χ1v) is 10.4. The van der Waals surface area contributed by atoms with E-state index in [2.05, 4.69) is 43.4 Å². The van der Waals surface area contributed by atoms with Crippen LogP contribution in [0.4, 0.5) is 15.9 Å². The third kappa shape index (κ3) is 3.84. The molecule has 0 bridgehead atoms. The molecule has 1 atom stereocenters. The predicted molar refractivity (Wildman–Crippen MR) is 121 cm³/mol. The average molecular weight is 417 g/mol. The zero-order chi connectivity index (χ0) is 21.5. The molecule has 0 spiro atoms. The van der Waals surface area contributed by atoms with Crippen molar-refractivity contribution in [3.05, 3.63) is 82.4 Å². The molecule has 0 radical (unpaired) electrons. The maximum absolute atomic E-state index is 14.0. The van der Waals surface area contributed by atoms with Crippen LogP contribution in [0.2, 0.25) is 0 Å². The van der Waals surface area contributed by atoms with E-state index in [1.54, 1.807) is 6.07 Å². The number of nitrogens with one attached hydrogen (secondary N) is 2. The maximum Gasteiger partial charge on any atom is 0.160 e. The van der Waals surface area contributed by atoms with Crippen molar-refractivity contribution in [2.24, 2.45) is 0 Å². The number of H-pyrrole nitrogens is 1. The van der Waals surface area contributed by atoms with Gasteiger partial charge >= 0.3 is 0 Å². The minimum absolute atomic E-state index is 0.0943. The largest absolute Gasteiger partial charge is 0.384 e. The summed E-state index contributed by atoms with van der Waals surface area (Å²) in [5, 5.41) is 3.61. The zero-order valence-corrected chi connectivity index (χ0v) is 17.6. The van der Waals surface area contributed by atoms with Gasteiger partial charge in [0.15, 0.2) is 5.65 Å². The van der Waals surface area contributed by atoms with E-state index in [-0.39, 0.29) is 11.9 Å². The number of anilines is 2. The lowest BCUT2D eigenvalue weighted by Gasteiger charge is -2.17. The molecule has 31 heavy (non-hydrogen) atoms. The number of imidazole rings is 1. The zero-order valence-electron chi connectivity index (χ0n) is 17.6. The first-order valence-electron chi connectivity index (χ1n) is 10.4. The molecule has 0 fully saturated rings. The summed E-state index contributed by atoms with van der Waals surface area (Å²) in [6, 6.07) is 15.4. The van der Waals surface area contributed by atoms with E-state index in [9.17, 15) is 4.39 Å². The number of nitrogens with zero attached hydrogens (tertiary/aromatic N) is 3. The van der Waals surface area contributed by atoms with Gasteiger partial charge in [0, 0.05) is 29.9 Å². The van der Waals surface area contributed by atoms with Crippen molar-refractivity contribution < 1.29 is 4.39 Å². The number of nitrogen functional groups attached to an aromatic ring is 1. The van der Waals surface area contributed by atoms with Crippen LogP contribution in [0.15, 0.2) is 48.5 Å². The van der Waals surface area contributed by atoms with Gasteiger partial charge in [-0.1, -0.05) is 30.3 Å². The van der Waals surface area contributed by atoms with Crippen LogP contribution in [0, 0.1) is 12.7 Å². The summed E-state index contributed by atoms with van der Waals surface area (Å²) < 4.78 is 14.0. The van der Waals surface area contributed by atoms with Crippen LogP contribution in [0.25, 0.3) is 11.2 Å². The van der Waals surface area contributed by atoms with Gasteiger partial charge in [-0.3, -0.25) is 4.90 Å². The molecule has 0 saturated heterocycles.